The minimum absolute atomic E-state index is 0. The number of nitrogens with zero attached hydrogens (tertiary/aromatic N) is 6. The summed E-state index contributed by atoms with van der Waals surface area (Å²) in [4.78, 5) is 6.28. The van der Waals surface area contributed by atoms with Gasteiger partial charge in [0.1, 0.15) is 11.4 Å². The predicted octanol–water partition coefficient (Wildman–Crippen LogP) is 7.58. The van der Waals surface area contributed by atoms with Crippen LogP contribution in [0.25, 0.3) is 0 Å². The lowest BCUT2D eigenvalue weighted by molar-refractivity contribution is -0.291. The van der Waals surface area contributed by atoms with Crippen molar-refractivity contribution in [2.45, 2.75) is 63.4 Å². The van der Waals surface area contributed by atoms with E-state index in [0.717, 1.165) is 31.6 Å². The van der Waals surface area contributed by atoms with Gasteiger partial charge in [-0.25, -0.2) is 4.21 Å². The summed E-state index contributed by atoms with van der Waals surface area (Å²) in [6.07, 6.45) is -3.87. The van der Waals surface area contributed by atoms with E-state index in [1.54, 1.807) is 19.4 Å². The van der Waals surface area contributed by atoms with E-state index in [9.17, 15) is 48.1 Å². The molecule has 0 spiro atoms. The van der Waals surface area contributed by atoms with Crippen molar-refractivity contribution in [3.63, 3.8) is 0 Å². The molecule has 0 saturated carbocycles. The first kappa shape index (κ1) is 49.6. The van der Waals surface area contributed by atoms with Crippen molar-refractivity contribution in [3.8, 4) is 12.4 Å². The van der Waals surface area contributed by atoms with E-state index in [1.807, 2.05) is 0 Å². The minimum atomic E-state index is -5.75. The van der Waals surface area contributed by atoms with Crippen LogP contribution in [0.3, 0.4) is 0 Å². The van der Waals surface area contributed by atoms with Crippen molar-refractivity contribution in [1.29, 1.82) is 10.5 Å². The fourth-order valence-corrected chi connectivity index (χ4v) is 4.49. The SMILES string of the molecule is C.C.CC(c1ccc(C(F)(F)C(F)(F)F)nc1)S(C)(=O)=NC#N.CC(c1ccc(C(F)(F)C(F)(F)F)nc1)S(C)=NC#N.CO.[B]. The number of alkyl halides is 10. The van der Waals surface area contributed by atoms with Crippen LogP contribution >= 0.6 is 0 Å². The molecule has 0 aliphatic rings. The molecule has 1 N–H and O–H groups in total. The van der Waals surface area contributed by atoms with Gasteiger partial charge in [-0.15, -0.1) is 4.36 Å². The van der Waals surface area contributed by atoms with Gasteiger partial charge in [0, 0.05) is 39.4 Å². The van der Waals surface area contributed by atoms with Gasteiger partial charge < -0.3 is 5.11 Å². The van der Waals surface area contributed by atoms with Crippen molar-refractivity contribution in [2.75, 3.05) is 19.6 Å². The number of hydrogen-bond acceptors (Lipinski definition) is 8. The van der Waals surface area contributed by atoms with Gasteiger partial charge in [-0.2, -0.15) is 58.8 Å². The summed E-state index contributed by atoms with van der Waals surface area (Å²) in [5.74, 6) is -10.1. The number of aliphatic hydroxyl groups excluding tert-OH is 1. The molecule has 0 amide bonds. The zero-order valence-corrected chi connectivity index (χ0v) is 25.0. The molecule has 0 bridgehead atoms. The molecule has 259 valence electrons. The minimum Gasteiger partial charge on any atom is -0.400 e. The largest absolute Gasteiger partial charge is 0.459 e. The van der Waals surface area contributed by atoms with Gasteiger partial charge in [0.05, 0.1) is 15.0 Å². The second kappa shape index (κ2) is 19.4. The average Bonchev–Trinajstić information content (AvgIpc) is 2.92. The topological polar surface area (TPSA) is 135 Å². The van der Waals surface area contributed by atoms with E-state index >= 15 is 0 Å². The van der Waals surface area contributed by atoms with E-state index in [0.29, 0.717) is 17.7 Å². The number of hydrogen-bond donors (Lipinski definition) is 1. The van der Waals surface area contributed by atoms with Crippen LogP contribution in [0.2, 0.25) is 0 Å². The van der Waals surface area contributed by atoms with Crippen molar-refractivity contribution in [3.05, 3.63) is 59.2 Å². The molecule has 4 atom stereocenters. The first-order chi connectivity index (χ1) is 19.5. The number of halogens is 10. The molecule has 0 saturated heterocycles. The third-order valence-corrected chi connectivity index (χ3v) is 9.14. The first-order valence-corrected chi connectivity index (χ1v) is 14.8. The Kier molecular flexibility index (Phi) is 20.9. The average molecular weight is 713 g/mol. The maximum atomic E-state index is 13.0. The third kappa shape index (κ3) is 12.5. The standard InChI is InChI=1S/C11H10F5N3OS.C11H10F5N3S.CH4O.2CH4.B/c1-7(21(2,20)19-6-17)8-3-4-9(18-5-8)10(12,13)11(14,15)16;1-7(20(2)19-6-17)8-3-4-9(18-5-8)10(12,13)11(14,15)16;1-2;;;/h3-5,7H,1-2H3;3-5,7H,1-2H3;2H,1H3;2*1H4;. The smallest absolute Gasteiger partial charge is 0.400 e. The second-order valence-electron chi connectivity index (χ2n) is 8.15. The lowest BCUT2D eigenvalue weighted by Crippen LogP contribution is -2.34. The molecule has 8 nitrogen and oxygen atoms in total. The number of pyridine rings is 2. The van der Waals surface area contributed by atoms with E-state index < -0.39 is 61.3 Å². The Labute approximate surface area is 265 Å². The summed E-state index contributed by atoms with van der Waals surface area (Å²) < 4.78 is 144. The summed E-state index contributed by atoms with van der Waals surface area (Å²) in [5.41, 5.74) is -2.22. The monoisotopic (exact) mass is 713 g/mol. The van der Waals surface area contributed by atoms with Gasteiger partial charge in [-0.1, -0.05) is 37.7 Å². The van der Waals surface area contributed by atoms with Crippen LogP contribution in [0, 0.1) is 22.9 Å². The number of rotatable bonds is 6. The summed E-state index contributed by atoms with van der Waals surface area (Å²) in [6.45, 7) is 3.09. The predicted molar refractivity (Wildman–Crippen MR) is 156 cm³/mol. The number of nitriles is 2. The van der Waals surface area contributed by atoms with Crippen LogP contribution in [-0.2, 0) is 32.3 Å². The second-order valence-corrected chi connectivity index (χ2v) is 12.7. The fraction of sp³-hybridized carbons (Fsp3) is 0.520. The van der Waals surface area contributed by atoms with Crippen molar-refractivity contribution in [1.82, 2.24) is 9.97 Å². The van der Waals surface area contributed by atoms with Gasteiger partial charge in [0.15, 0.2) is 0 Å². The highest BCUT2D eigenvalue weighted by Crippen LogP contribution is 2.44. The fourth-order valence-electron chi connectivity index (χ4n) is 2.71. The first-order valence-electron chi connectivity index (χ1n) is 11.1. The van der Waals surface area contributed by atoms with Gasteiger partial charge in [0.2, 0.25) is 12.4 Å². The molecule has 0 fully saturated rings. The Balaban J connectivity index is -0.000000343. The molecule has 21 heteroatoms. The molecule has 0 aromatic carbocycles. The van der Waals surface area contributed by atoms with Crippen LogP contribution in [0.1, 0.15) is 61.7 Å². The van der Waals surface area contributed by atoms with E-state index in [1.165, 1.54) is 19.4 Å². The quantitative estimate of drug-likeness (QED) is 0.186. The zero-order chi connectivity index (χ0) is 34.0. The summed E-state index contributed by atoms with van der Waals surface area (Å²) in [5, 5.41) is 22.7. The lowest BCUT2D eigenvalue weighted by atomic mass is 10.1. The summed E-state index contributed by atoms with van der Waals surface area (Å²) >= 11 is 0. The highest BCUT2D eigenvalue weighted by atomic mass is 32.2. The molecule has 0 aliphatic carbocycles. The van der Waals surface area contributed by atoms with Crippen LogP contribution in [-0.4, -0.2) is 59.7 Å². The molecule has 2 aromatic rings. The normalized spacial score (nSPS) is 14.6. The Bertz CT molecular complexity index is 1450. The molecule has 2 heterocycles. The highest BCUT2D eigenvalue weighted by Gasteiger charge is 2.60. The molecule has 3 radical (unpaired) electrons. The van der Waals surface area contributed by atoms with Gasteiger partial charge >= 0.3 is 24.2 Å². The Morgan fingerprint density at radius 3 is 1.46 bits per heavy atom. The number of aliphatic hydroxyl groups is 1. The van der Waals surface area contributed by atoms with Gasteiger partial charge in [-0.05, 0) is 43.4 Å². The highest BCUT2D eigenvalue weighted by molar-refractivity contribution is 7.93. The Hall–Kier alpha value is -3.30. The Morgan fingerprint density at radius 2 is 1.17 bits per heavy atom. The van der Waals surface area contributed by atoms with Crippen molar-refractivity contribution in [2.24, 2.45) is 8.73 Å². The maximum absolute atomic E-state index is 13.0. The van der Waals surface area contributed by atoms with Crippen molar-refractivity contribution < 1.29 is 53.2 Å². The van der Waals surface area contributed by atoms with Gasteiger partial charge in [0.25, 0.3) is 0 Å². The van der Waals surface area contributed by atoms with Crippen LogP contribution in [0.5, 0.6) is 0 Å². The molecule has 4 unspecified atom stereocenters. The molecule has 2 rings (SSSR count). The molecule has 2 aromatic heterocycles. The molecular weight excluding hydrogens is 681 g/mol. The Morgan fingerprint density at radius 1 is 0.804 bits per heavy atom. The third-order valence-electron chi connectivity index (χ3n) is 5.44. The maximum Gasteiger partial charge on any atom is 0.459 e. The summed E-state index contributed by atoms with van der Waals surface area (Å²) in [6, 6.07) is 3.26. The number of aromatic nitrogens is 2. The van der Waals surface area contributed by atoms with E-state index in [-0.39, 0.29) is 34.1 Å². The van der Waals surface area contributed by atoms with Gasteiger partial charge in [-0.3, -0.25) is 9.97 Å². The van der Waals surface area contributed by atoms with Crippen LogP contribution < -0.4 is 0 Å². The molecular formula is C25H32BF10N6O2S2. The van der Waals surface area contributed by atoms with Crippen molar-refractivity contribution >= 4 is 28.8 Å². The summed E-state index contributed by atoms with van der Waals surface area (Å²) in [7, 11) is -2.67. The van der Waals surface area contributed by atoms with Crippen LogP contribution in [0.15, 0.2) is 45.4 Å². The zero-order valence-electron chi connectivity index (χ0n) is 23.3. The van der Waals surface area contributed by atoms with E-state index in [2.05, 4.69) is 18.7 Å². The lowest BCUT2D eigenvalue weighted by Gasteiger charge is -2.19. The van der Waals surface area contributed by atoms with Crippen LogP contribution in [0.4, 0.5) is 43.9 Å². The van der Waals surface area contributed by atoms with E-state index in [4.69, 9.17) is 15.6 Å². The molecule has 46 heavy (non-hydrogen) atoms. The molecule has 0 aliphatic heterocycles.